The summed E-state index contributed by atoms with van der Waals surface area (Å²) in [6, 6.07) is 10.6. The molecule has 1 saturated heterocycles. The Morgan fingerprint density at radius 3 is 2.66 bits per heavy atom. The summed E-state index contributed by atoms with van der Waals surface area (Å²) >= 11 is 0. The number of nitriles is 1. The van der Waals surface area contributed by atoms with Crippen LogP contribution in [0, 0.1) is 34.2 Å². The fourth-order valence-corrected chi connectivity index (χ4v) is 4.72. The highest BCUT2D eigenvalue weighted by atomic mass is 19.1. The number of nitro benzene ring substituents is 1. The molecule has 2 N–H and O–H groups in total. The number of benzene rings is 2. The van der Waals surface area contributed by atoms with Crippen LogP contribution in [0.25, 0.3) is 33.4 Å². The topological polar surface area (TPSA) is 132 Å². The maximum Gasteiger partial charge on any atom is 0.293 e. The van der Waals surface area contributed by atoms with Gasteiger partial charge in [-0.3, -0.25) is 15.2 Å². The second-order valence-electron chi connectivity index (χ2n) is 8.54. The first-order valence-electron chi connectivity index (χ1n) is 11.2. The lowest BCUT2D eigenvalue weighted by molar-refractivity contribution is -0.384. The minimum Gasteiger partial charge on any atom is -0.508 e. The lowest BCUT2D eigenvalue weighted by Gasteiger charge is -2.28. The van der Waals surface area contributed by atoms with Crippen molar-refractivity contribution in [2.24, 2.45) is 0 Å². The number of nitrogens with zero attached hydrogens (tertiary/aromatic N) is 5. The summed E-state index contributed by atoms with van der Waals surface area (Å²) < 4.78 is 14.8. The van der Waals surface area contributed by atoms with Crippen molar-refractivity contribution in [1.82, 2.24) is 15.2 Å². The number of aromatic hydroxyl groups is 1. The highest BCUT2D eigenvalue weighted by Gasteiger charge is 2.26. The predicted molar refractivity (Wildman–Crippen MR) is 129 cm³/mol. The Morgan fingerprint density at radius 1 is 1.20 bits per heavy atom. The number of hydrogen-bond donors (Lipinski definition) is 2. The van der Waals surface area contributed by atoms with Gasteiger partial charge in [0.1, 0.15) is 23.3 Å². The SMILES string of the molecule is Cc1[nH]nc2nc(-c3ccc(O)cc3F)c(C#N)c(-c3ccc(N4CCCCC4)c([N+](=O)[O-])c3)c12. The van der Waals surface area contributed by atoms with Gasteiger partial charge in [0.05, 0.1) is 21.6 Å². The van der Waals surface area contributed by atoms with Crippen LogP contribution in [0.15, 0.2) is 36.4 Å². The van der Waals surface area contributed by atoms with Crippen LogP contribution >= 0.6 is 0 Å². The molecule has 0 aliphatic carbocycles. The lowest BCUT2D eigenvalue weighted by atomic mass is 9.92. The van der Waals surface area contributed by atoms with E-state index < -0.39 is 10.7 Å². The molecule has 0 amide bonds. The number of anilines is 1. The Bertz CT molecular complexity index is 1520. The number of piperidine rings is 1. The quantitative estimate of drug-likeness (QED) is 0.307. The maximum atomic E-state index is 14.8. The summed E-state index contributed by atoms with van der Waals surface area (Å²) in [5, 5.41) is 39.4. The first-order chi connectivity index (χ1) is 16.9. The van der Waals surface area contributed by atoms with Gasteiger partial charge in [-0.25, -0.2) is 9.37 Å². The minimum absolute atomic E-state index is 0.0163. The summed E-state index contributed by atoms with van der Waals surface area (Å²) in [7, 11) is 0. The lowest BCUT2D eigenvalue weighted by Crippen LogP contribution is -2.29. The second kappa shape index (κ2) is 8.68. The van der Waals surface area contributed by atoms with Crippen LogP contribution in [0.1, 0.15) is 30.5 Å². The van der Waals surface area contributed by atoms with Gasteiger partial charge in [0.25, 0.3) is 5.69 Å². The Morgan fingerprint density at radius 2 is 1.97 bits per heavy atom. The number of phenolic OH excluding ortho intramolecular Hbond substituents is 1. The summed E-state index contributed by atoms with van der Waals surface area (Å²) in [5.41, 5.74) is 2.30. The first-order valence-corrected chi connectivity index (χ1v) is 11.2. The van der Waals surface area contributed by atoms with E-state index in [4.69, 9.17) is 0 Å². The first kappa shape index (κ1) is 22.3. The van der Waals surface area contributed by atoms with Crippen LogP contribution in [0.2, 0.25) is 0 Å². The third-order valence-corrected chi connectivity index (χ3v) is 6.36. The van der Waals surface area contributed by atoms with E-state index in [1.54, 1.807) is 19.1 Å². The number of pyridine rings is 1. The zero-order chi connectivity index (χ0) is 24.7. The molecule has 0 radical (unpaired) electrons. The molecule has 0 saturated carbocycles. The average Bonchev–Trinajstić information content (AvgIpc) is 3.23. The molecule has 10 heteroatoms. The number of aromatic nitrogens is 3. The van der Waals surface area contributed by atoms with Crippen molar-refractivity contribution in [3.63, 3.8) is 0 Å². The molecule has 0 atom stereocenters. The predicted octanol–water partition coefficient (Wildman–Crippen LogP) is 5.22. The number of aryl methyl sites for hydroxylation is 1. The molecule has 35 heavy (non-hydrogen) atoms. The molecule has 2 aromatic carbocycles. The number of nitrogens with one attached hydrogen (secondary N) is 1. The van der Waals surface area contributed by atoms with Crippen molar-refractivity contribution in [2.75, 3.05) is 18.0 Å². The number of phenols is 1. The van der Waals surface area contributed by atoms with Gasteiger partial charge >= 0.3 is 0 Å². The zero-order valence-corrected chi connectivity index (χ0v) is 18.9. The van der Waals surface area contributed by atoms with Gasteiger partial charge < -0.3 is 10.0 Å². The molecule has 176 valence electrons. The van der Waals surface area contributed by atoms with E-state index in [1.165, 1.54) is 18.2 Å². The van der Waals surface area contributed by atoms with Crippen LogP contribution in [0.4, 0.5) is 15.8 Å². The van der Waals surface area contributed by atoms with Crippen LogP contribution in [-0.4, -0.2) is 38.3 Å². The monoisotopic (exact) mass is 472 g/mol. The molecular formula is C25H21FN6O3. The third kappa shape index (κ3) is 3.81. The number of nitro groups is 1. The van der Waals surface area contributed by atoms with Crippen LogP contribution in [0.3, 0.4) is 0 Å². The van der Waals surface area contributed by atoms with Crippen molar-refractivity contribution in [3.8, 4) is 34.2 Å². The summed E-state index contributed by atoms with van der Waals surface area (Å²) in [6.45, 7) is 3.25. The van der Waals surface area contributed by atoms with E-state index in [2.05, 4.69) is 21.3 Å². The standard InChI is InChI=1S/C25H21FN6O3/c1-14-22-23(15-5-8-20(21(11-15)32(34)35)31-9-3-2-4-10-31)18(13-27)24(28-25(22)30-29-14)17-7-6-16(33)12-19(17)26/h5-8,11-12,33H,2-4,9-10H2,1H3,(H,28,29,30). The number of halogens is 1. The average molecular weight is 472 g/mol. The van der Waals surface area contributed by atoms with Gasteiger partial charge in [-0.05, 0) is 49.9 Å². The Hall–Kier alpha value is -4.52. The molecule has 3 heterocycles. The van der Waals surface area contributed by atoms with E-state index in [9.17, 15) is 24.9 Å². The Balaban J connectivity index is 1.79. The Kier molecular flexibility index (Phi) is 5.53. The number of hydrogen-bond acceptors (Lipinski definition) is 7. The molecule has 9 nitrogen and oxygen atoms in total. The molecule has 1 aliphatic rings. The fraction of sp³-hybridized carbons (Fsp3) is 0.240. The summed E-state index contributed by atoms with van der Waals surface area (Å²) in [4.78, 5) is 18.1. The molecule has 2 aromatic heterocycles. The highest BCUT2D eigenvalue weighted by Crippen LogP contribution is 2.41. The number of rotatable bonds is 4. The normalized spacial score (nSPS) is 13.7. The van der Waals surface area contributed by atoms with Gasteiger partial charge in [-0.2, -0.15) is 10.4 Å². The molecule has 0 unspecified atom stereocenters. The molecular weight excluding hydrogens is 451 g/mol. The number of aromatic amines is 1. The highest BCUT2D eigenvalue weighted by molar-refractivity contribution is 6.01. The van der Waals surface area contributed by atoms with Crippen molar-refractivity contribution >= 4 is 22.4 Å². The van der Waals surface area contributed by atoms with Gasteiger partial charge in [-0.1, -0.05) is 6.07 Å². The van der Waals surface area contributed by atoms with Crippen LogP contribution in [-0.2, 0) is 0 Å². The van der Waals surface area contributed by atoms with Crippen molar-refractivity contribution in [3.05, 3.63) is 63.6 Å². The van der Waals surface area contributed by atoms with E-state index >= 15 is 0 Å². The Labute approximate surface area is 199 Å². The second-order valence-corrected chi connectivity index (χ2v) is 8.54. The molecule has 4 aromatic rings. The van der Waals surface area contributed by atoms with E-state index in [0.717, 1.165) is 38.4 Å². The number of H-pyrrole nitrogens is 1. The van der Waals surface area contributed by atoms with Gasteiger partial charge in [0, 0.05) is 42.0 Å². The van der Waals surface area contributed by atoms with E-state index in [1.807, 2.05) is 4.90 Å². The number of fused-ring (bicyclic) bond motifs is 1. The minimum atomic E-state index is -0.752. The maximum absolute atomic E-state index is 14.8. The van der Waals surface area contributed by atoms with Gasteiger partial charge in [-0.15, -0.1) is 0 Å². The molecule has 0 spiro atoms. The van der Waals surface area contributed by atoms with E-state index in [-0.39, 0.29) is 33.9 Å². The van der Waals surface area contributed by atoms with Gasteiger partial charge in [0.15, 0.2) is 5.65 Å². The summed E-state index contributed by atoms with van der Waals surface area (Å²) in [5.74, 6) is -1.01. The van der Waals surface area contributed by atoms with Crippen molar-refractivity contribution < 1.29 is 14.4 Å². The largest absolute Gasteiger partial charge is 0.508 e. The summed E-state index contributed by atoms with van der Waals surface area (Å²) in [6.07, 6.45) is 3.04. The molecule has 1 aliphatic heterocycles. The van der Waals surface area contributed by atoms with Crippen molar-refractivity contribution in [2.45, 2.75) is 26.2 Å². The van der Waals surface area contributed by atoms with Crippen LogP contribution in [0.5, 0.6) is 5.75 Å². The molecule has 5 rings (SSSR count). The zero-order valence-electron chi connectivity index (χ0n) is 18.9. The fourth-order valence-electron chi connectivity index (χ4n) is 4.72. The van der Waals surface area contributed by atoms with Crippen molar-refractivity contribution in [1.29, 1.82) is 5.26 Å². The smallest absolute Gasteiger partial charge is 0.293 e. The molecule has 1 fully saturated rings. The van der Waals surface area contributed by atoms with Crippen LogP contribution < -0.4 is 4.90 Å². The van der Waals surface area contributed by atoms with Gasteiger partial charge in [0.2, 0.25) is 0 Å². The third-order valence-electron chi connectivity index (χ3n) is 6.36. The molecule has 0 bridgehead atoms. The van der Waals surface area contributed by atoms with E-state index in [0.29, 0.717) is 27.9 Å².